The first-order chi connectivity index (χ1) is 10.7. The monoisotopic (exact) mass is 348 g/mol. The quantitative estimate of drug-likeness (QED) is 0.501. The first-order valence-corrected chi connectivity index (χ1v) is 10.1. The summed E-state index contributed by atoms with van der Waals surface area (Å²) in [6, 6.07) is 0.366. The van der Waals surface area contributed by atoms with Gasteiger partial charge in [-0.3, -0.25) is 9.89 Å². The Balaban J connectivity index is 2.58. The van der Waals surface area contributed by atoms with Crippen LogP contribution in [0.4, 0.5) is 0 Å². The predicted molar refractivity (Wildman–Crippen MR) is 94.8 cm³/mol. The van der Waals surface area contributed by atoms with Crippen LogP contribution in [0, 0.1) is 0 Å². The van der Waals surface area contributed by atoms with Gasteiger partial charge in [0.05, 0.1) is 24.5 Å². The van der Waals surface area contributed by atoms with Crippen molar-refractivity contribution in [1.82, 2.24) is 15.5 Å². The van der Waals surface area contributed by atoms with E-state index in [1.54, 1.807) is 13.8 Å². The van der Waals surface area contributed by atoms with Gasteiger partial charge < -0.3 is 15.4 Å². The molecular weight excluding hydrogens is 316 g/mol. The third-order valence-corrected chi connectivity index (χ3v) is 6.34. The molecule has 1 aliphatic heterocycles. The van der Waals surface area contributed by atoms with Gasteiger partial charge in [0.15, 0.2) is 15.8 Å². The molecule has 0 aromatic rings. The second-order valence-electron chi connectivity index (χ2n) is 6.61. The summed E-state index contributed by atoms with van der Waals surface area (Å²) in [4.78, 5) is 6.82. The molecule has 1 unspecified atom stereocenters. The lowest BCUT2D eigenvalue weighted by Crippen LogP contribution is -2.49. The van der Waals surface area contributed by atoms with E-state index >= 15 is 0 Å². The second-order valence-corrected chi connectivity index (χ2v) is 9.25. The number of hydrogen-bond donors (Lipinski definition) is 2. The summed E-state index contributed by atoms with van der Waals surface area (Å²) in [5.41, 5.74) is 0. The molecule has 1 rings (SSSR count). The van der Waals surface area contributed by atoms with Gasteiger partial charge in [-0.1, -0.05) is 0 Å². The van der Waals surface area contributed by atoms with E-state index in [0.29, 0.717) is 12.0 Å². The smallest absolute Gasteiger partial charge is 0.191 e. The van der Waals surface area contributed by atoms with Gasteiger partial charge in [0.1, 0.15) is 0 Å². The van der Waals surface area contributed by atoms with E-state index in [4.69, 9.17) is 4.74 Å². The van der Waals surface area contributed by atoms with Crippen LogP contribution in [0.2, 0.25) is 0 Å². The highest BCUT2D eigenvalue weighted by Crippen LogP contribution is 2.15. The molecule has 136 valence electrons. The molecule has 1 aliphatic rings. The zero-order chi connectivity index (χ0) is 17.5. The third-order valence-electron chi connectivity index (χ3n) is 4.20. The topological polar surface area (TPSA) is 83.0 Å². The first-order valence-electron chi connectivity index (χ1n) is 8.21. The van der Waals surface area contributed by atoms with Crippen molar-refractivity contribution in [2.75, 3.05) is 52.2 Å². The maximum absolute atomic E-state index is 11.8. The molecule has 0 bridgehead atoms. The van der Waals surface area contributed by atoms with Crippen LogP contribution >= 0.6 is 0 Å². The number of hydrogen-bond acceptors (Lipinski definition) is 5. The van der Waals surface area contributed by atoms with Gasteiger partial charge in [-0.15, -0.1) is 0 Å². The standard InChI is InChI=1S/C15H32N4O3S/c1-6-16-14(18-12-15(3,4)23(5,20)21)17-11-13(2)19-7-9-22-10-8-19/h13H,6-12H2,1-5H3,(H2,16,17,18). The SMILES string of the molecule is CCNC(=NCC(C)(C)S(C)(=O)=O)NCC(C)N1CCOCC1. The normalized spacial score (nSPS) is 19.4. The summed E-state index contributed by atoms with van der Waals surface area (Å²) in [6.45, 7) is 12.7. The number of nitrogens with one attached hydrogen (secondary N) is 2. The molecule has 1 saturated heterocycles. The fourth-order valence-corrected chi connectivity index (χ4v) is 2.42. The van der Waals surface area contributed by atoms with Gasteiger partial charge in [-0.25, -0.2) is 8.42 Å². The Labute approximate surface area is 140 Å². The van der Waals surface area contributed by atoms with E-state index in [0.717, 1.165) is 39.4 Å². The number of guanidine groups is 1. The third kappa shape index (κ3) is 6.64. The Morgan fingerprint density at radius 1 is 1.30 bits per heavy atom. The molecule has 0 aromatic heterocycles. The molecule has 1 fully saturated rings. The van der Waals surface area contributed by atoms with Gasteiger partial charge in [-0.05, 0) is 27.7 Å². The molecule has 8 heteroatoms. The van der Waals surface area contributed by atoms with E-state index < -0.39 is 14.6 Å². The van der Waals surface area contributed by atoms with Crippen LogP contribution < -0.4 is 10.6 Å². The number of aliphatic imine (C=N–C) groups is 1. The number of rotatable bonds is 7. The van der Waals surface area contributed by atoms with Crippen molar-refractivity contribution < 1.29 is 13.2 Å². The number of ether oxygens (including phenoxy) is 1. The van der Waals surface area contributed by atoms with Crippen molar-refractivity contribution in [3.63, 3.8) is 0 Å². The van der Waals surface area contributed by atoms with Crippen molar-refractivity contribution in [3.8, 4) is 0 Å². The van der Waals surface area contributed by atoms with Crippen LogP contribution in [-0.4, -0.2) is 82.3 Å². The van der Waals surface area contributed by atoms with Crippen molar-refractivity contribution in [3.05, 3.63) is 0 Å². The molecule has 7 nitrogen and oxygen atoms in total. The summed E-state index contributed by atoms with van der Waals surface area (Å²) < 4.78 is 28.0. The van der Waals surface area contributed by atoms with Crippen molar-refractivity contribution >= 4 is 15.8 Å². The van der Waals surface area contributed by atoms with E-state index in [-0.39, 0.29) is 6.54 Å². The summed E-state index contributed by atoms with van der Waals surface area (Å²) in [5.74, 6) is 0.657. The summed E-state index contributed by atoms with van der Waals surface area (Å²) in [7, 11) is -3.15. The van der Waals surface area contributed by atoms with Gasteiger partial charge >= 0.3 is 0 Å². The molecule has 0 aromatic carbocycles. The molecule has 0 aliphatic carbocycles. The second kappa shape index (κ2) is 8.84. The Bertz CT molecular complexity index is 485. The molecule has 1 atom stereocenters. The van der Waals surface area contributed by atoms with Crippen molar-refractivity contribution in [2.45, 2.75) is 38.5 Å². The number of nitrogens with zero attached hydrogens (tertiary/aromatic N) is 2. The Hall–Kier alpha value is -0.860. The molecule has 1 heterocycles. The summed E-state index contributed by atoms with van der Waals surface area (Å²) >= 11 is 0. The lowest BCUT2D eigenvalue weighted by atomic mass is 10.2. The molecule has 0 spiro atoms. The maximum atomic E-state index is 11.8. The number of morpholine rings is 1. The van der Waals surface area contributed by atoms with Crippen molar-refractivity contribution in [1.29, 1.82) is 0 Å². The van der Waals surface area contributed by atoms with Crippen LogP contribution in [0.25, 0.3) is 0 Å². The highest BCUT2D eigenvalue weighted by Gasteiger charge is 2.30. The molecular formula is C15H32N4O3S. The predicted octanol–water partition coefficient (Wildman–Crippen LogP) is 0.0854. The van der Waals surface area contributed by atoms with E-state index in [1.807, 2.05) is 6.92 Å². The molecule has 23 heavy (non-hydrogen) atoms. The molecule has 2 N–H and O–H groups in total. The Morgan fingerprint density at radius 2 is 1.91 bits per heavy atom. The van der Waals surface area contributed by atoms with Crippen LogP contribution in [0.1, 0.15) is 27.7 Å². The molecule has 0 amide bonds. The van der Waals surface area contributed by atoms with Gasteiger partial charge in [-0.2, -0.15) is 0 Å². The molecule has 0 radical (unpaired) electrons. The van der Waals surface area contributed by atoms with Crippen LogP contribution in [0.5, 0.6) is 0 Å². The molecule has 0 saturated carbocycles. The van der Waals surface area contributed by atoms with Gasteiger partial charge in [0.25, 0.3) is 0 Å². The Kier molecular flexibility index (Phi) is 7.76. The highest BCUT2D eigenvalue weighted by molar-refractivity contribution is 7.92. The lowest BCUT2D eigenvalue weighted by Gasteiger charge is -2.32. The van der Waals surface area contributed by atoms with Gasteiger partial charge in [0.2, 0.25) is 0 Å². The zero-order valence-corrected chi connectivity index (χ0v) is 15.9. The summed E-state index contributed by atoms with van der Waals surface area (Å²) in [6.07, 6.45) is 1.25. The first kappa shape index (κ1) is 20.2. The fraction of sp³-hybridized carbons (Fsp3) is 0.933. The van der Waals surface area contributed by atoms with Crippen LogP contribution in [-0.2, 0) is 14.6 Å². The minimum Gasteiger partial charge on any atom is -0.379 e. The highest BCUT2D eigenvalue weighted by atomic mass is 32.2. The minimum atomic E-state index is -3.15. The van der Waals surface area contributed by atoms with E-state index in [1.165, 1.54) is 6.26 Å². The average molecular weight is 349 g/mol. The van der Waals surface area contributed by atoms with Crippen LogP contribution in [0.15, 0.2) is 4.99 Å². The fourth-order valence-electron chi connectivity index (χ4n) is 2.12. The summed E-state index contributed by atoms with van der Waals surface area (Å²) in [5, 5.41) is 6.47. The zero-order valence-electron chi connectivity index (χ0n) is 15.1. The average Bonchev–Trinajstić information content (AvgIpc) is 2.49. The van der Waals surface area contributed by atoms with E-state index in [9.17, 15) is 8.42 Å². The van der Waals surface area contributed by atoms with E-state index in [2.05, 4.69) is 27.4 Å². The van der Waals surface area contributed by atoms with Crippen molar-refractivity contribution in [2.24, 2.45) is 4.99 Å². The largest absolute Gasteiger partial charge is 0.379 e. The lowest BCUT2D eigenvalue weighted by molar-refractivity contribution is 0.0211. The maximum Gasteiger partial charge on any atom is 0.191 e. The van der Waals surface area contributed by atoms with Crippen LogP contribution in [0.3, 0.4) is 0 Å². The number of sulfone groups is 1. The Morgan fingerprint density at radius 3 is 2.43 bits per heavy atom. The van der Waals surface area contributed by atoms with Gasteiger partial charge in [0, 0.05) is 38.5 Å². The minimum absolute atomic E-state index is 0.229.